The Morgan fingerprint density at radius 3 is 2.71 bits per heavy atom. The van der Waals surface area contributed by atoms with Crippen LogP contribution in [0.25, 0.3) is 5.65 Å². The summed E-state index contributed by atoms with van der Waals surface area (Å²) in [4.78, 5) is 19.3. The number of hydrogen-bond acceptors (Lipinski definition) is 3. The highest BCUT2D eigenvalue weighted by Crippen LogP contribution is 2.35. The van der Waals surface area contributed by atoms with Crippen molar-refractivity contribution in [3.63, 3.8) is 0 Å². The minimum Gasteiger partial charge on any atom is -0.334 e. The first-order chi connectivity index (χ1) is 10.2. The minimum atomic E-state index is 0.0856. The van der Waals surface area contributed by atoms with Gasteiger partial charge in [-0.1, -0.05) is 6.07 Å². The maximum absolute atomic E-state index is 12.7. The maximum Gasteiger partial charge on any atom is 0.274 e. The number of piperidine rings is 2. The topological polar surface area (TPSA) is 63.6 Å². The molecule has 1 amide bonds. The Kier molecular flexibility index (Phi) is 2.96. The summed E-state index contributed by atoms with van der Waals surface area (Å²) in [5, 5.41) is 0. The zero-order chi connectivity index (χ0) is 14.4. The zero-order valence-electron chi connectivity index (χ0n) is 12.0. The molecule has 0 aromatic carbocycles. The number of hydrogen-bond donors (Lipinski definition) is 1. The lowest BCUT2D eigenvalue weighted by molar-refractivity contribution is 0.0329. The van der Waals surface area contributed by atoms with Gasteiger partial charge >= 0.3 is 0 Å². The van der Waals surface area contributed by atoms with Crippen LogP contribution < -0.4 is 5.73 Å². The quantitative estimate of drug-likeness (QED) is 0.914. The molecule has 0 unspecified atom stereocenters. The Morgan fingerprint density at radius 1 is 1.24 bits per heavy atom. The number of carbonyl (C=O) groups is 1. The number of nitrogens with two attached hydrogens (primary N) is 1. The summed E-state index contributed by atoms with van der Waals surface area (Å²) in [5.41, 5.74) is 8.05. The molecule has 5 nitrogen and oxygen atoms in total. The third kappa shape index (κ3) is 2.12. The Morgan fingerprint density at radius 2 is 2.05 bits per heavy atom. The molecule has 110 valence electrons. The number of fused-ring (bicyclic) bond motifs is 4. The average molecular weight is 284 g/mol. The van der Waals surface area contributed by atoms with Crippen LogP contribution in [0.4, 0.5) is 0 Å². The largest absolute Gasteiger partial charge is 0.334 e. The summed E-state index contributed by atoms with van der Waals surface area (Å²) in [5.74, 6) is 0.780. The van der Waals surface area contributed by atoms with Crippen molar-refractivity contribution < 1.29 is 4.79 Å². The highest BCUT2D eigenvalue weighted by atomic mass is 16.2. The van der Waals surface area contributed by atoms with Gasteiger partial charge < -0.3 is 15.0 Å². The van der Waals surface area contributed by atoms with Crippen molar-refractivity contribution in [2.75, 3.05) is 6.54 Å². The van der Waals surface area contributed by atoms with Crippen molar-refractivity contribution in [1.29, 1.82) is 0 Å². The summed E-state index contributed by atoms with van der Waals surface area (Å²) in [6.45, 7) is 1.40. The van der Waals surface area contributed by atoms with Gasteiger partial charge in [-0.05, 0) is 43.2 Å². The second-order valence-electron chi connectivity index (χ2n) is 6.27. The molecule has 5 rings (SSSR count). The molecule has 2 aromatic rings. The van der Waals surface area contributed by atoms with Gasteiger partial charge in [-0.2, -0.15) is 0 Å². The SMILES string of the molecule is NCc1ccc2nc(C(=O)N3CC4CCC3CC4)cn2c1. The summed E-state index contributed by atoms with van der Waals surface area (Å²) < 4.78 is 1.90. The fraction of sp³-hybridized carbons (Fsp3) is 0.500. The molecular formula is C16H20N4O. The van der Waals surface area contributed by atoms with Crippen LogP contribution in [0, 0.1) is 5.92 Å². The molecule has 2 N–H and O–H groups in total. The summed E-state index contributed by atoms with van der Waals surface area (Å²) in [6, 6.07) is 4.30. The smallest absolute Gasteiger partial charge is 0.274 e. The van der Waals surface area contributed by atoms with E-state index < -0.39 is 0 Å². The molecule has 5 heteroatoms. The molecule has 3 aliphatic rings. The standard InChI is InChI=1S/C16H20N4O/c17-7-12-3-6-15-18-14(10-19(15)8-12)16(21)20-9-11-1-4-13(20)5-2-11/h3,6,8,10-11,13H,1-2,4-5,7,9,17H2. The number of imidazole rings is 1. The first-order valence-corrected chi connectivity index (χ1v) is 7.73. The number of aromatic nitrogens is 2. The second kappa shape index (κ2) is 4.84. The third-order valence-electron chi connectivity index (χ3n) is 4.94. The van der Waals surface area contributed by atoms with E-state index in [9.17, 15) is 4.79 Å². The van der Waals surface area contributed by atoms with Crippen molar-refractivity contribution >= 4 is 11.6 Å². The van der Waals surface area contributed by atoms with Gasteiger partial charge in [-0.15, -0.1) is 0 Å². The highest BCUT2D eigenvalue weighted by molar-refractivity contribution is 5.93. The predicted molar refractivity (Wildman–Crippen MR) is 79.9 cm³/mol. The van der Waals surface area contributed by atoms with Gasteiger partial charge in [0.25, 0.3) is 5.91 Å². The first-order valence-electron chi connectivity index (χ1n) is 7.73. The van der Waals surface area contributed by atoms with Crippen LogP contribution in [0.15, 0.2) is 24.5 Å². The molecule has 2 aromatic heterocycles. The van der Waals surface area contributed by atoms with Gasteiger partial charge in [0.1, 0.15) is 11.3 Å². The third-order valence-corrected chi connectivity index (χ3v) is 4.94. The molecule has 2 saturated heterocycles. The molecule has 1 saturated carbocycles. The van der Waals surface area contributed by atoms with E-state index in [0.29, 0.717) is 24.2 Å². The molecular weight excluding hydrogens is 264 g/mol. The van der Waals surface area contributed by atoms with Crippen LogP contribution in [-0.4, -0.2) is 32.8 Å². The van der Waals surface area contributed by atoms with Crippen LogP contribution in [-0.2, 0) is 6.54 Å². The average Bonchev–Trinajstić information content (AvgIpc) is 2.98. The molecule has 0 atom stereocenters. The van der Waals surface area contributed by atoms with Gasteiger partial charge in [0.15, 0.2) is 0 Å². The van der Waals surface area contributed by atoms with Crippen molar-refractivity contribution in [2.24, 2.45) is 11.7 Å². The summed E-state index contributed by atoms with van der Waals surface area (Å²) in [6.07, 6.45) is 8.64. The predicted octanol–water partition coefficient (Wildman–Crippen LogP) is 1.81. The van der Waals surface area contributed by atoms with Crippen LogP contribution >= 0.6 is 0 Å². The van der Waals surface area contributed by atoms with Crippen LogP contribution in [0.5, 0.6) is 0 Å². The van der Waals surface area contributed by atoms with Gasteiger partial charge in [-0.3, -0.25) is 4.79 Å². The van der Waals surface area contributed by atoms with E-state index in [-0.39, 0.29) is 5.91 Å². The number of amides is 1. The van der Waals surface area contributed by atoms with Crippen LogP contribution in [0.1, 0.15) is 41.7 Å². The molecule has 4 heterocycles. The van der Waals surface area contributed by atoms with Gasteiger partial charge in [-0.25, -0.2) is 4.98 Å². The molecule has 3 fully saturated rings. The van der Waals surface area contributed by atoms with Crippen molar-refractivity contribution in [1.82, 2.24) is 14.3 Å². The van der Waals surface area contributed by atoms with Crippen molar-refractivity contribution in [2.45, 2.75) is 38.3 Å². The first kappa shape index (κ1) is 12.8. The van der Waals surface area contributed by atoms with Crippen molar-refractivity contribution in [3.05, 3.63) is 35.8 Å². The number of nitrogens with zero attached hydrogens (tertiary/aromatic N) is 3. The normalized spacial score (nSPS) is 24.7. The molecule has 2 bridgehead atoms. The van der Waals surface area contributed by atoms with E-state index in [1.165, 1.54) is 12.8 Å². The summed E-state index contributed by atoms with van der Waals surface area (Å²) >= 11 is 0. The van der Waals surface area contributed by atoms with E-state index >= 15 is 0 Å². The van der Waals surface area contributed by atoms with Crippen molar-refractivity contribution in [3.8, 4) is 0 Å². The molecule has 2 aliphatic heterocycles. The Labute approximate surface area is 123 Å². The molecule has 21 heavy (non-hydrogen) atoms. The maximum atomic E-state index is 12.7. The van der Waals surface area contributed by atoms with E-state index in [2.05, 4.69) is 4.98 Å². The monoisotopic (exact) mass is 284 g/mol. The molecule has 0 spiro atoms. The van der Waals surface area contributed by atoms with Gasteiger partial charge in [0.05, 0.1) is 0 Å². The fourth-order valence-corrected chi connectivity index (χ4v) is 3.72. The molecule has 0 radical (unpaired) electrons. The Balaban J connectivity index is 1.65. The van der Waals surface area contributed by atoms with E-state index in [0.717, 1.165) is 30.6 Å². The zero-order valence-corrected chi connectivity index (χ0v) is 12.0. The molecule has 1 aliphatic carbocycles. The van der Waals surface area contributed by atoms with Crippen LogP contribution in [0.3, 0.4) is 0 Å². The number of rotatable bonds is 2. The van der Waals surface area contributed by atoms with E-state index in [1.54, 1.807) is 0 Å². The lowest BCUT2D eigenvalue weighted by Gasteiger charge is -2.45. The fourth-order valence-electron chi connectivity index (χ4n) is 3.72. The summed E-state index contributed by atoms with van der Waals surface area (Å²) in [7, 11) is 0. The number of pyridine rings is 1. The Bertz CT molecular complexity index is 685. The lowest BCUT2D eigenvalue weighted by atomic mass is 9.80. The second-order valence-corrected chi connectivity index (χ2v) is 6.27. The van der Waals surface area contributed by atoms with Gasteiger partial charge in [0, 0.05) is 31.5 Å². The Hall–Kier alpha value is -1.88. The van der Waals surface area contributed by atoms with E-state index in [1.807, 2.05) is 33.8 Å². The lowest BCUT2D eigenvalue weighted by Crippen LogP contribution is -2.50. The van der Waals surface area contributed by atoms with Gasteiger partial charge in [0.2, 0.25) is 0 Å². The van der Waals surface area contributed by atoms with E-state index in [4.69, 9.17) is 5.73 Å². The van der Waals surface area contributed by atoms with Crippen LogP contribution in [0.2, 0.25) is 0 Å². The minimum absolute atomic E-state index is 0.0856. The number of carbonyl (C=O) groups excluding carboxylic acids is 1. The highest BCUT2D eigenvalue weighted by Gasteiger charge is 2.37.